The van der Waals surface area contributed by atoms with Crippen LogP contribution in [-0.2, 0) is 6.54 Å². The highest BCUT2D eigenvalue weighted by Gasteiger charge is 2.21. The molecule has 3 N–H and O–H groups in total. The van der Waals surface area contributed by atoms with Crippen LogP contribution in [0.2, 0.25) is 0 Å². The molecule has 0 aromatic heterocycles. The Morgan fingerprint density at radius 3 is 2.95 bits per heavy atom. The lowest BCUT2D eigenvalue weighted by molar-refractivity contribution is 0.312. The third-order valence-corrected chi connectivity index (χ3v) is 4.03. The van der Waals surface area contributed by atoms with Gasteiger partial charge in [-0.1, -0.05) is 19.4 Å². The Morgan fingerprint density at radius 2 is 2.30 bits per heavy atom. The Bertz CT molecular complexity index is 473. The standard InChI is InChI=1S/C16H25N3O/c1-3-4-12-7-8-19(10-12)11-13-5-6-15(20-2)14(9-13)16(17)18/h5-6,9,12H,3-4,7-8,10-11H2,1-2H3,(H3,17,18). The van der Waals surface area contributed by atoms with E-state index < -0.39 is 0 Å². The van der Waals surface area contributed by atoms with E-state index in [0.717, 1.165) is 12.5 Å². The zero-order valence-corrected chi connectivity index (χ0v) is 12.5. The highest BCUT2D eigenvalue weighted by molar-refractivity contribution is 5.97. The van der Waals surface area contributed by atoms with Crippen LogP contribution in [0.5, 0.6) is 5.75 Å². The van der Waals surface area contributed by atoms with Crippen LogP contribution in [0.3, 0.4) is 0 Å². The fourth-order valence-electron chi connectivity index (χ4n) is 3.02. The van der Waals surface area contributed by atoms with Gasteiger partial charge in [0.1, 0.15) is 11.6 Å². The molecule has 110 valence electrons. The lowest BCUT2D eigenvalue weighted by Crippen LogP contribution is -2.21. The van der Waals surface area contributed by atoms with Gasteiger partial charge in [0.25, 0.3) is 0 Å². The van der Waals surface area contributed by atoms with E-state index in [1.54, 1.807) is 7.11 Å². The molecule has 0 aliphatic carbocycles. The number of nitrogens with zero attached hydrogens (tertiary/aromatic N) is 1. The largest absolute Gasteiger partial charge is 0.496 e. The van der Waals surface area contributed by atoms with Crippen molar-refractivity contribution in [3.8, 4) is 5.75 Å². The number of ether oxygens (including phenoxy) is 1. The van der Waals surface area contributed by atoms with E-state index in [0.29, 0.717) is 11.3 Å². The highest BCUT2D eigenvalue weighted by Crippen LogP contribution is 2.24. The zero-order chi connectivity index (χ0) is 14.5. The Kier molecular flexibility index (Phi) is 5.01. The minimum atomic E-state index is 0.0639. The number of nitrogen functional groups attached to an aromatic ring is 1. The number of likely N-dealkylation sites (tertiary alicyclic amines) is 1. The highest BCUT2D eigenvalue weighted by atomic mass is 16.5. The quantitative estimate of drug-likeness (QED) is 0.619. The van der Waals surface area contributed by atoms with Gasteiger partial charge in [0, 0.05) is 13.1 Å². The summed E-state index contributed by atoms with van der Waals surface area (Å²) < 4.78 is 5.25. The summed E-state index contributed by atoms with van der Waals surface area (Å²) in [5.74, 6) is 1.59. The predicted molar refractivity (Wildman–Crippen MR) is 82.3 cm³/mol. The number of nitrogens with one attached hydrogen (secondary N) is 1. The molecule has 0 amide bonds. The van der Waals surface area contributed by atoms with Crippen molar-refractivity contribution in [3.05, 3.63) is 29.3 Å². The Labute approximate surface area is 121 Å². The number of amidine groups is 1. The maximum Gasteiger partial charge on any atom is 0.129 e. The molecule has 4 heteroatoms. The molecular formula is C16H25N3O. The molecule has 0 radical (unpaired) electrons. The topological polar surface area (TPSA) is 62.3 Å². The molecule has 1 saturated heterocycles. The second-order valence-electron chi connectivity index (χ2n) is 5.63. The first-order valence-electron chi connectivity index (χ1n) is 7.37. The van der Waals surface area contributed by atoms with Crippen LogP contribution in [0.15, 0.2) is 18.2 Å². The number of hydrogen-bond donors (Lipinski definition) is 2. The van der Waals surface area contributed by atoms with Crippen molar-refractivity contribution in [2.24, 2.45) is 11.7 Å². The van der Waals surface area contributed by atoms with E-state index in [1.807, 2.05) is 12.1 Å². The van der Waals surface area contributed by atoms with Crippen LogP contribution in [0.25, 0.3) is 0 Å². The number of methoxy groups -OCH3 is 1. The molecule has 1 fully saturated rings. The van der Waals surface area contributed by atoms with Crippen molar-refractivity contribution >= 4 is 5.84 Å². The van der Waals surface area contributed by atoms with Crippen LogP contribution in [-0.4, -0.2) is 30.9 Å². The summed E-state index contributed by atoms with van der Waals surface area (Å²) in [7, 11) is 1.61. The van der Waals surface area contributed by atoms with Gasteiger partial charge in [-0.3, -0.25) is 10.3 Å². The maximum absolute atomic E-state index is 7.63. The van der Waals surface area contributed by atoms with Crippen molar-refractivity contribution in [3.63, 3.8) is 0 Å². The Morgan fingerprint density at radius 1 is 1.50 bits per heavy atom. The first kappa shape index (κ1) is 14.9. The minimum absolute atomic E-state index is 0.0639. The minimum Gasteiger partial charge on any atom is -0.496 e. The molecule has 1 heterocycles. The number of hydrogen-bond acceptors (Lipinski definition) is 3. The van der Waals surface area contributed by atoms with Crippen molar-refractivity contribution in [1.29, 1.82) is 5.41 Å². The van der Waals surface area contributed by atoms with Crippen molar-refractivity contribution in [2.45, 2.75) is 32.7 Å². The summed E-state index contributed by atoms with van der Waals surface area (Å²) in [5.41, 5.74) is 7.51. The van der Waals surface area contributed by atoms with Crippen LogP contribution in [0.4, 0.5) is 0 Å². The van der Waals surface area contributed by atoms with Gasteiger partial charge < -0.3 is 10.5 Å². The van der Waals surface area contributed by atoms with Gasteiger partial charge in [0.15, 0.2) is 0 Å². The molecule has 2 rings (SSSR count). The van der Waals surface area contributed by atoms with E-state index in [-0.39, 0.29) is 5.84 Å². The van der Waals surface area contributed by atoms with Gasteiger partial charge >= 0.3 is 0 Å². The zero-order valence-electron chi connectivity index (χ0n) is 12.5. The molecule has 1 atom stereocenters. The van der Waals surface area contributed by atoms with Crippen molar-refractivity contribution in [1.82, 2.24) is 4.90 Å². The molecule has 1 aromatic rings. The number of nitrogens with two attached hydrogens (primary N) is 1. The fourth-order valence-corrected chi connectivity index (χ4v) is 3.02. The first-order valence-corrected chi connectivity index (χ1v) is 7.37. The van der Waals surface area contributed by atoms with Crippen LogP contribution >= 0.6 is 0 Å². The van der Waals surface area contributed by atoms with Crippen molar-refractivity contribution < 1.29 is 4.74 Å². The lowest BCUT2D eigenvalue weighted by Gasteiger charge is -2.17. The van der Waals surface area contributed by atoms with Crippen LogP contribution in [0.1, 0.15) is 37.3 Å². The van der Waals surface area contributed by atoms with E-state index in [4.69, 9.17) is 15.9 Å². The number of rotatable bonds is 6. The molecule has 1 aliphatic heterocycles. The molecule has 0 spiro atoms. The predicted octanol–water partition coefficient (Wildman–Crippen LogP) is 2.60. The van der Waals surface area contributed by atoms with Gasteiger partial charge in [-0.05, 0) is 43.0 Å². The Hall–Kier alpha value is -1.55. The van der Waals surface area contributed by atoms with E-state index in [2.05, 4.69) is 17.9 Å². The summed E-state index contributed by atoms with van der Waals surface area (Å²) in [4.78, 5) is 2.49. The first-order chi connectivity index (χ1) is 9.63. The molecule has 0 bridgehead atoms. The van der Waals surface area contributed by atoms with Crippen LogP contribution < -0.4 is 10.5 Å². The molecule has 0 saturated carbocycles. The third kappa shape index (κ3) is 3.51. The number of benzene rings is 1. The summed E-state index contributed by atoms with van der Waals surface area (Å²) >= 11 is 0. The molecule has 4 nitrogen and oxygen atoms in total. The summed E-state index contributed by atoms with van der Waals surface area (Å²) in [6, 6.07) is 5.96. The lowest BCUT2D eigenvalue weighted by atomic mass is 10.0. The van der Waals surface area contributed by atoms with Gasteiger partial charge in [-0.2, -0.15) is 0 Å². The Balaban J connectivity index is 2.03. The monoisotopic (exact) mass is 275 g/mol. The molecule has 1 aliphatic rings. The molecule has 1 aromatic carbocycles. The summed E-state index contributed by atoms with van der Waals surface area (Å²) in [6.07, 6.45) is 3.91. The van der Waals surface area contributed by atoms with Gasteiger partial charge in [-0.15, -0.1) is 0 Å². The molecule has 1 unspecified atom stereocenters. The van der Waals surface area contributed by atoms with E-state index in [9.17, 15) is 0 Å². The molecular weight excluding hydrogens is 250 g/mol. The van der Waals surface area contributed by atoms with E-state index in [1.165, 1.54) is 37.9 Å². The third-order valence-electron chi connectivity index (χ3n) is 4.03. The molecule has 20 heavy (non-hydrogen) atoms. The van der Waals surface area contributed by atoms with Gasteiger partial charge in [0.05, 0.1) is 12.7 Å². The smallest absolute Gasteiger partial charge is 0.129 e. The van der Waals surface area contributed by atoms with E-state index >= 15 is 0 Å². The summed E-state index contributed by atoms with van der Waals surface area (Å²) in [6.45, 7) is 5.55. The van der Waals surface area contributed by atoms with Crippen molar-refractivity contribution in [2.75, 3.05) is 20.2 Å². The van der Waals surface area contributed by atoms with Crippen LogP contribution in [0, 0.1) is 11.3 Å². The van der Waals surface area contributed by atoms with Gasteiger partial charge in [0.2, 0.25) is 0 Å². The average Bonchev–Trinajstić information content (AvgIpc) is 2.86. The summed E-state index contributed by atoms with van der Waals surface area (Å²) in [5, 5.41) is 7.63. The SMILES string of the molecule is CCCC1CCN(Cc2ccc(OC)c(C(=N)N)c2)C1. The normalized spacial score (nSPS) is 19.2. The van der Waals surface area contributed by atoms with Gasteiger partial charge in [-0.25, -0.2) is 0 Å². The fraction of sp³-hybridized carbons (Fsp3) is 0.562. The maximum atomic E-state index is 7.63. The second-order valence-corrected chi connectivity index (χ2v) is 5.63. The second kappa shape index (κ2) is 6.75. The average molecular weight is 275 g/mol.